The Morgan fingerprint density at radius 2 is 1.96 bits per heavy atom. The highest BCUT2D eigenvalue weighted by Gasteiger charge is 2.49. The van der Waals surface area contributed by atoms with E-state index in [1.54, 1.807) is 0 Å². The molecule has 0 saturated carbocycles. The van der Waals surface area contributed by atoms with E-state index >= 15 is 0 Å². The lowest BCUT2D eigenvalue weighted by Gasteiger charge is -2.46. The first-order chi connectivity index (χ1) is 12.1. The van der Waals surface area contributed by atoms with Gasteiger partial charge >= 0.3 is 6.03 Å². The molecular formula is C18H28N4O3. The molecule has 2 amide bonds. The molecule has 0 unspecified atom stereocenters. The minimum Gasteiger partial charge on any atom is -0.381 e. The number of nitrogens with one attached hydrogen (secondary N) is 1. The summed E-state index contributed by atoms with van der Waals surface area (Å²) >= 11 is 0. The van der Waals surface area contributed by atoms with Crippen LogP contribution in [0.5, 0.6) is 0 Å². The number of likely N-dealkylation sites (tertiary alicyclic amines) is 1. The van der Waals surface area contributed by atoms with Crippen LogP contribution in [0.2, 0.25) is 0 Å². The van der Waals surface area contributed by atoms with Gasteiger partial charge in [0.25, 0.3) is 0 Å². The van der Waals surface area contributed by atoms with Crippen molar-refractivity contribution in [2.24, 2.45) is 0 Å². The van der Waals surface area contributed by atoms with Crippen LogP contribution in [-0.2, 0) is 11.3 Å². The number of rotatable bonds is 3. The van der Waals surface area contributed by atoms with E-state index in [9.17, 15) is 4.79 Å². The average Bonchev–Trinajstić information content (AvgIpc) is 3.11. The van der Waals surface area contributed by atoms with Crippen molar-refractivity contribution < 1.29 is 14.1 Å². The molecule has 0 bridgehead atoms. The summed E-state index contributed by atoms with van der Waals surface area (Å²) in [6.45, 7) is 9.17. The standard InChI is InChI=1S/C18H28N4O3/c1-13-16(14(2)25-20-13)11-21-7-3-15(4-8-21)22-17(23)19-12-18(22)5-9-24-10-6-18/h15H,3-12H2,1-2H3,(H,19,23). The molecule has 4 heterocycles. The molecule has 0 atom stereocenters. The van der Waals surface area contributed by atoms with E-state index in [2.05, 4.69) is 20.3 Å². The molecule has 1 spiro atoms. The number of carbonyl (C=O) groups is 1. The number of carbonyl (C=O) groups excluding carboxylic acids is 1. The average molecular weight is 348 g/mol. The van der Waals surface area contributed by atoms with Gasteiger partial charge in [-0.05, 0) is 39.5 Å². The highest BCUT2D eigenvalue weighted by molar-refractivity contribution is 5.78. The number of hydrogen-bond donors (Lipinski definition) is 1. The third-order valence-corrected chi connectivity index (χ3v) is 6.21. The Balaban J connectivity index is 1.40. The highest BCUT2D eigenvalue weighted by atomic mass is 16.5. The number of aryl methyl sites for hydroxylation is 2. The van der Waals surface area contributed by atoms with Gasteiger partial charge in [-0.2, -0.15) is 0 Å². The third-order valence-electron chi connectivity index (χ3n) is 6.21. The Morgan fingerprint density at radius 3 is 2.60 bits per heavy atom. The minimum absolute atomic E-state index is 0.0240. The smallest absolute Gasteiger partial charge is 0.318 e. The fraction of sp³-hybridized carbons (Fsp3) is 0.778. The molecule has 138 valence electrons. The molecule has 1 aromatic rings. The molecule has 3 fully saturated rings. The molecule has 3 aliphatic heterocycles. The molecule has 0 radical (unpaired) electrons. The topological polar surface area (TPSA) is 70.8 Å². The second-order valence-electron chi connectivity index (χ2n) is 7.68. The Kier molecular flexibility index (Phi) is 4.45. The maximum Gasteiger partial charge on any atom is 0.318 e. The quantitative estimate of drug-likeness (QED) is 0.902. The van der Waals surface area contributed by atoms with E-state index in [1.807, 2.05) is 13.8 Å². The second-order valence-corrected chi connectivity index (χ2v) is 7.68. The summed E-state index contributed by atoms with van der Waals surface area (Å²) in [5, 5.41) is 7.14. The van der Waals surface area contributed by atoms with E-state index in [1.165, 1.54) is 5.56 Å². The van der Waals surface area contributed by atoms with Crippen LogP contribution in [0.1, 0.15) is 42.7 Å². The Bertz CT molecular complexity index is 611. The summed E-state index contributed by atoms with van der Waals surface area (Å²) in [5.74, 6) is 0.916. The van der Waals surface area contributed by atoms with Crippen molar-refractivity contribution in [3.05, 3.63) is 17.0 Å². The van der Waals surface area contributed by atoms with Crippen LogP contribution in [0.25, 0.3) is 0 Å². The lowest BCUT2D eigenvalue weighted by Crippen LogP contribution is -2.57. The lowest BCUT2D eigenvalue weighted by molar-refractivity contribution is -0.0158. The maximum absolute atomic E-state index is 12.5. The Hall–Kier alpha value is -1.60. The number of hydrogen-bond acceptors (Lipinski definition) is 5. The lowest BCUT2D eigenvalue weighted by atomic mass is 9.86. The molecule has 7 heteroatoms. The minimum atomic E-state index is -0.0240. The number of urea groups is 1. The largest absolute Gasteiger partial charge is 0.381 e. The van der Waals surface area contributed by atoms with Crippen LogP contribution >= 0.6 is 0 Å². The van der Waals surface area contributed by atoms with Crippen molar-refractivity contribution in [3.63, 3.8) is 0 Å². The van der Waals surface area contributed by atoms with E-state index < -0.39 is 0 Å². The monoisotopic (exact) mass is 348 g/mol. The van der Waals surface area contributed by atoms with Gasteiger partial charge in [-0.25, -0.2) is 4.79 Å². The van der Waals surface area contributed by atoms with Gasteiger partial charge in [0.1, 0.15) is 5.76 Å². The molecule has 1 aromatic heterocycles. The Labute approximate surface area is 148 Å². The van der Waals surface area contributed by atoms with Crippen LogP contribution in [0.4, 0.5) is 4.79 Å². The zero-order valence-corrected chi connectivity index (χ0v) is 15.2. The van der Waals surface area contributed by atoms with Crippen LogP contribution in [0.3, 0.4) is 0 Å². The van der Waals surface area contributed by atoms with E-state index in [0.29, 0.717) is 6.04 Å². The summed E-state index contributed by atoms with van der Waals surface area (Å²) in [4.78, 5) is 17.1. The molecule has 1 N–H and O–H groups in total. The number of nitrogens with zero attached hydrogens (tertiary/aromatic N) is 3. The van der Waals surface area contributed by atoms with Crippen molar-refractivity contribution in [2.45, 2.75) is 57.7 Å². The molecular weight excluding hydrogens is 320 g/mol. The summed E-state index contributed by atoms with van der Waals surface area (Å²) in [6.07, 6.45) is 3.95. The summed E-state index contributed by atoms with van der Waals surface area (Å²) < 4.78 is 10.8. The number of amides is 2. The van der Waals surface area contributed by atoms with Gasteiger partial charge in [0.2, 0.25) is 0 Å². The van der Waals surface area contributed by atoms with E-state index in [0.717, 1.165) is 76.5 Å². The maximum atomic E-state index is 12.5. The van der Waals surface area contributed by atoms with Gasteiger partial charge in [-0.1, -0.05) is 5.16 Å². The summed E-state index contributed by atoms with van der Waals surface area (Å²) in [6, 6.07) is 0.451. The van der Waals surface area contributed by atoms with Crippen LogP contribution in [0, 0.1) is 13.8 Å². The van der Waals surface area contributed by atoms with Gasteiger partial charge in [0.15, 0.2) is 0 Å². The zero-order valence-electron chi connectivity index (χ0n) is 15.2. The SMILES string of the molecule is Cc1noc(C)c1CN1CCC(N2C(=O)NCC23CCOCC3)CC1. The van der Waals surface area contributed by atoms with Gasteiger partial charge in [-0.3, -0.25) is 4.90 Å². The van der Waals surface area contributed by atoms with Crippen LogP contribution < -0.4 is 5.32 Å². The van der Waals surface area contributed by atoms with Crippen LogP contribution in [-0.4, -0.2) is 65.4 Å². The number of ether oxygens (including phenoxy) is 1. The van der Waals surface area contributed by atoms with Gasteiger partial charge in [0, 0.05) is 51.0 Å². The first-order valence-electron chi connectivity index (χ1n) is 9.38. The van der Waals surface area contributed by atoms with Crippen LogP contribution in [0.15, 0.2) is 4.52 Å². The second kappa shape index (κ2) is 6.61. The summed E-state index contributed by atoms with van der Waals surface area (Å²) in [5.41, 5.74) is 2.17. The van der Waals surface area contributed by atoms with Crippen molar-refractivity contribution in [3.8, 4) is 0 Å². The van der Waals surface area contributed by atoms with Crippen molar-refractivity contribution in [1.29, 1.82) is 0 Å². The molecule has 0 aromatic carbocycles. The molecule has 3 saturated heterocycles. The highest BCUT2D eigenvalue weighted by Crippen LogP contribution is 2.36. The van der Waals surface area contributed by atoms with E-state index in [-0.39, 0.29) is 11.6 Å². The van der Waals surface area contributed by atoms with Gasteiger partial charge in [-0.15, -0.1) is 0 Å². The summed E-state index contributed by atoms with van der Waals surface area (Å²) in [7, 11) is 0. The van der Waals surface area contributed by atoms with Gasteiger partial charge < -0.3 is 19.5 Å². The number of piperidine rings is 1. The Morgan fingerprint density at radius 1 is 1.24 bits per heavy atom. The molecule has 3 aliphatic rings. The zero-order chi connectivity index (χ0) is 17.4. The third kappa shape index (κ3) is 3.04. The van der Waals surface area contributed by atoms with Crippen molar-refractivity contribution >= 4 is 6.03 Å². The van der Waals surface area contributed by atoms with E-state index in [4.69, 9.17) is 9.26 Å². The van der Waals surface area contributed by atoms with Crippen molar-refractivity contribution in [1.82, 2.24) is 20.3 Å². The normalized spacial score (nSPS) is 24.9. The first-order valence-corrected chi connectivity index (χ1v) is 9.38. The van der Waals surface area contributed by atoms with Crippen molar-refractivity contribution in [2.75, 3.05) is 32.8 Å². The molecule has 7 nitrogen and oxygen atoms in total. The molecule has 0 aliphatic carbocycles. The van der Waals surface area contributed by atoms with Gasteiger partial charge in [0.05, 0.1) is 11.2 Å². The number of aromatic nitrogens is 1. The molecule has 25 heavy (non-hydrogen) atoms. The first kappa shape index (κ1) is 16.8. The fourth-order valence-corrected chi connectivity index (χ4v) is 4.63. The molecule has 4 rings (SSSR count). The fourth-order valence-electron chi connectivity index (χ4n) is 4.63. The predicted octanol–water partition coefficient (Wildman–Crippen LogP) is 1.83. The predicted molar refractivity (Wildman–Crippen MR) is 92.3 cm³/mol.